The maximum absolute atomic E-state index is 11.3. The Morgan fingerprint density at radius 3 is 2.65 bits per heavy atom. The molecule has 1 aromatic carbocycles. The van der Waals surface area contributed by atoms with Gasteiger partial charge in [-0.15, -0.1) is 0 Å². The van der Waals surface area contributed by atoms with Gasteiger partial charge in [-0.25, -0.2) is 13.6 Å². The summed E-state index contributed by atoms with van der Waals surface area (Å²) in [6.45, 7) is 3.77. The second-order valence-corrected chi connectivity index (χ2v) is 5.49. The number of aliphatic imine (C=N–C) groups is 1. The Bertz CT molecular complexity index is 630. The van der Waals surface area contributed by atoms with Crippen molar-refractivity contribution in [2.45, 2.75) is 18.7 Å². The Morgan fingerprint density at radius 2 is 2.00 bits per heavy atom. The standard InChI is InChI=1S/C11H13N3O2S/c1-7-5-8(2)14-11-6-9(17(12,15)16)3-4-10(11)13-7/h3-6,14H,1-2H3,(H2,12,15,16). The van der Waals surface area contributed by atoms with Gasteiger partial charge in [0.05, 0.1) is 16.3 Å². The molecule has 1 aromatic rings. The van der Waals surface area contributed by atoms with E-state index in [0.717, 1.165) is 11.4 Å². The monoisotopic (exact) mass is 251 g/mol. The predicted molar refractivity (Wildman–Crippen MR) is 68.0 cm³/mol. The van der Waals surface area contributed by atoms with Crippen LogP contribution < -0.4 is 10.5 Å². The summed E-state index contributed by atoms with van der Waals surface area (Å²) in [7, 11) is -3.69. The molecule has 3 N–H and O–H groups in total. The van der Waals surface area contributed by atoms with E-state index in [4.69, 9.17) is 5.14 Å². The number of nitrogens with two attached hydrogens (primary N) is 1. The van der Waals surface area contributed by atoms with Crippen molar-refractivity contribution in [3.63, 3.8) is 0 Å². The van der Waals surface area contributed by atoms with Crippen LogP contribution in [-0.4, -0.2) is 14.1 Å². The molecule has 0 fully saturated rings. The molecule has 0 bridgehead atoms. The zero-order valence-corrected chi connectivity index (χ0v) is 10.4. The van der Waals surface area contributed by atoms with Crippen LogP contribution in [0.5, 0.6) is 0 Å². The van der Waals surface area contributed by atoms with Crippen LogP contribution in [-0.2, 0) is 10.0 Å². The van der Waals surface area contributed by atoms with Gasteiger partial charge in [0.25, 0.3) is 0 Å². The molecule has 1 heterocycles. The second-order valence-electron chi connectivity index (χ2n) is 3.93. The molecule has 6 heteroatoms. The lowest BCUT2D eigenvalue weighted by atomic mass is 10.2. The smallest absolute Gasteiger partial charge is 0.238 e. The molecular formula is C11H13N3O2S. The summed E-state index contributed by atoms with van der Waals surface area (Å²) in [5.74, 6) is 0. The number of hydrogen-bond donors (Lipinski definition) is 2. The maximum atomic E-state index is 11.3. The van der Waals surface area contributed by atoms with Crippen LogP contribution >= 0.6 is 0 Å². The lowest BCUT2D eigenvalue weighted by molar-refractivity contribution is 0.598. The molecule has 0 saturated carbocycles. The molecule has 0 amide bonds. The van der Waals surface area contributed by atoms with Crippen LogP contribution in [0, 0.1) is 0 Å². The third-order valence-corrected chi connectivity index (χ3v) is 3.26. The molecule has 0 spiro atoms. The van der Waals surface area contributed by atoms with E-state index in [2.05, 4.69) is 10.3 Å². The van der Waals surface area contributed by atoms with Gasteiger partial charge >= 0.3 is 0 Å². The fourth-order valence-electron chi connectivity index (χ4n) is 1.67. The van der Waals surface area contributed by atoms with Gasteiger partial charge in [-0.1, -0.05) is 0 Å². The van der Waals surface area contributed by atoms with Crippen molar-refractivity contribution in [1.29, 1.82) is 0 Å². The fourth-order valence-corrected chi connectivity index (χ4v) is 2.21. The lowest BCUT2D eigenvalue weighted by Gasteiger charge is -2.08. The van der Waals surface area contributed by atoms with Crippen molar-refractivity contribution < 1.29 is 8.42 Å². The minimum atomic E-state index is -3.69. The molecule has 17 heavy (non-hydrogen) atoms. The number of nitrogens with zero attached hydrogens (tertiary/aromatic N) is 1. The highest BCUT2D eigenvalue weighted by Crippen LogP contribution is 2.30. The number of rotatable bonds is 1. The first kappa shape index (κ1) is 11.8. The summed E-state index contributed by atoms with van der Waals surface area (Å²) in [5.41, 5.74) is 3.10. The maximum Gasteiger partial charge on any atom is 0.238 e. The summed E-state index contributed by atoms with van der Waals surface area (Å²) in [6, 6.07) is 4.58. The number of anilines is 1. The molecular weight excluding hydrogens is 238 g/mol. The summed E-state index contributed by atoms with van der Waals surface area (Å²) in [5, 5.41) is 8.18. The fraction of sp³-hybridized carbons (Fsp3) is 0.182. The van der Waals surface area contributed by atoms with Crippen molar-refractivity contribution in [2.24, 2.45) is 10.1 Å². The molecule has 90 valence electrons. The first-order valence-electron chi connectivity index (χ1n) is 5.04. The van der Waals surface area contributed by atoms with Gasteiger partial charge in [0.15, 0.2) is 0 Å². The molecule has 1 aliphatic rings. The minimum absolute atomic E-state index is 0.0753. The molecule has 0 atom stereocenters. The van der Waals surface area contributed by atoms with Crippen LogP contribution in [0.2, 0.25) is 0 Å². The van der Waals surface area contributed by atoms with Gasteiger partial charge in [-0.3, -0.25) is 4.99 Å². The van der Waals surface area contributed by atoms with E-state index in [0.29, 0.717) is 11.4 Å². The largest absolute Gasteiger partial charge is 0.357 e. The number of sulfonamides is 1. The molecule has 2 rings (SSSR count). The van der Waals surface area contributed by atoms with Crippen LogP contribution in [0.1, 0.15) is 13.8 Å². The highest BCUT2D eigenvalue weighted by Gasteiger charge is 2.13. The third kappa shape index (κ3) is 2.54. The third-order valence-electron chi connectivity index (χ3n) is 2.35. The molecule has 0 saturated heterocycles. The topological polar surface area (TPSA) is 84.5 Å². The highest BCUT2D eigenvalue weighted by molar-refractivity contribution is 7.89. The SMILES string of the molecule is CC1=CC(C)=Nc2ccc(S(N)(=O)=O)cc2N1. The second kappa shape index (κ2) is 3.97. The molecule has 5 nitrogen and oxygen atoms in total. The number of nitrogens with one attached hydrogen (secondary N) is 1. The van der Waals surface area contributed by atoms with Gasteiger partial charge in [0.1, 0.15) is 0 Å². The quantitative estimate of drug-likeness (QED) is 0.797. The molecule has 1 aliphatic heterocycles. The van der Waals surface area contributed by atoms with E-state index in [9.17, 15) is 8.42 Å². The van der Waals surface area contributed by atoms with E-state index < -0.39 is 10.0 Å². The van der Waals surface area contributed by atoms with Crippen LogP contribution in [0.25, 0.3) is 0 Å². The van der Waals surface area contributed by atoms with Gasteiger partial charge in [0, 0.05) is 11.4 Å². The van der Waals surface area contributed by atoms with E-state index in [1.807, 2.05) is 19.9 Å². The molecule has 0 unspecified atom stereocenters. The van der Waals surface area contributed by atoms with Crippen molar-refractivity contribution in [3.8, 4) is 0 Å². The van der Waals surface area contributed by atoms with Gasteiger partial charge < -0.3 is 5.32 Å². The van der Waals surface area contributed by atoms with E-state index in [1.54, 1.807) is 6.07 Å². The Balaban J connectivity index is 2.59. The Hall–Kier alpha value is -1.66. The lowest BCUT2D eigenvalue weighted by Crippen LogP contribution is -2.12. The molecule has 0 aromatic heterocycles. The average Bonchev–Trinajstić information content (AvgIpc) is 2.31. The van der Waals surface area contributed by atoms with Gasteiger partial charge in [0.2, 0.25) is 10.0 Å². The Morgan fingerprint density at radius 1 is 1.29 bits per heavy atom. The zero-order chi connectivity index (χ0) is 12.6. The summed E-state index contributed by atoms with van der Waals surface area (Å²) in [6.07, 6.45) is 1.89. The first-order chi connectivity index (χ1) is 7.86. The van der Waals surface area contributed by atoms with E-state index >= 15 is 0 Å². The Labute approximate surface area is 100 Å². The van der Waals surface area contributed by atoms with Gasteiger partial charge in [-0.2, -0.15) is 0 Å². The van der Waals surface area contributed by atoms with E-state index in [-0.39, 0.29) is 4.90 Å². The highest BCUT2D eigenvalue weighted by atomic mass is 32.2. The summed E-state index contributed by atoms with van der Waals surface area (Å²) < 4.78 is 22.5. The minimum Gasteiger partial charge on any atom is -0.357 e. The van der Waals surface area contributed by atoms with Crippen molar-refractivity contribution in [1.82, 2.24) is 0 Å². The molecule has 0 aliphatic carbocycles. The van der Waals surface area contributed by atoms with Crippen molar-refractivity contribution >= 4 is 27.1 Å². The van der Waals surface area contributed by atoms with E-state index in [1.165, 1.54) is 12.1 Å². The predicted octanol–water partition coefficient (Wildman–Crippen LogP) is 1.76. The molecule has 0 radical (unpaired) electrons. The number of primary sulfonamides is 1. The number of fused-ring (bicyclic) bond motifs is 1. The summed E-state index contributed by atoms with van der Waals surface area (Å²) >= 11 is 0. The first-order valence-corrected chi connectivity index (χ1v) is 6.58. The van der Waals surface area contributed by atoms with Gasteiger partial charge in [-0.05, 0) is 38.1 Å². The van der Waals surface area contributed by atoms with Crippen molar-refractivity contribution in [2.75, 3.05) is 5.32 Å². The van der Waals surface area contributed by atoms with Crippen molar-refractivity contribution in [3.05, 3.63) is 30.0 Å². The number of hydrogen-bond acceptors (Lipinski definition) is 4. The van der Waals surface area contributed by atoms with Crippen LogP contribution in [0.3, 0.4) is 0 Å². The number of benzene rings is 1. The average molecular weight is 251 g/mol. The Kier molecular flexibility index (Phi) is 2.76. The van der Waals surface area contributed by atoms with Crippen LogP contribution in [0.15, 0.2) is 39.9 Å². The van der Waals surface area contributed by atoms with Crippen LogP contribution in [0.4, 0.5) is 11.4 Å². The zero-order valence-electron chi connectivity index (χ0n) is 9.56. The normalized spacial score (nSPS) is 15.2. The summed E-state index contributed by atoms with van der Waals surface area (Å²) in [4.78, 5) is 4.43. The number of allylic oxidation sites excluding steroid dienone is 2.